The Hall–Kier alpha value is -2.34. The van der Waals surface area contributed by atoms with Crippen molar-refractivity contribution in [1.29, 1.82) is 0 Å². The fraction of sp³-hybridized carbons (Fsp3) is 0.235. The maximum absolute atomic E-state index is 12.7. The van der Waals surface area contributed by atoms with Crippen molar-refractivity contribution in [1.82, 2.24) is 0 Å². The summed E-state index contributed by atoms with van der Waals surface area (Å²) in [4.78, 5) is 16.9. The number of alkyl halides is 3. The number of carbonyl (C=O) groups excluding carboxylic acids is 1. The molecule has 3 rings (SSSR count). The predicted octanol–water partition coefficient (Wildman–Crippen LogP) is 4.01. The topological polar surface area (TPSA) is 29.5 Å². The lowest BCUT2D eigenvalue weighted by Crippen LogP contribution is -2.24. The molecule has 0 bridgehead atoms. The van der Waals surface area contributed by atoms with Crippen molar-refractivity contribution in [3.05, 3.63) is 65.7 Å². The molecular formula is C17H14F3NO2. The molecule has 0 N–H and O–H groups in total. The Morgan fingerprint density at radius 2 is 1.70 bits per heavy atom. The summed E-state index contributed by atoms with van der Waals surface area (Å²) in [5.41, 5.74) is 0.646. The Morgan fingerprint density at radius 1 is 1.04 bits per heavy atom. The standard InChI is InChI=1S/C17H14F3NO2/c18-17(19,20)14-8-6-12(7-9-14)16-13(10-22)11-23-21(16)15-4-2-1-3-5-15/h1-10,13,16H,11H2/t13-,16+/m0/s1. The van der Waals surface area contributed by atoms with E-state index in [2.05, 4.69) is 0 Å². The van der Waals surface area contributed by atoms with Crippen LogP contribution in [0.5, 0.6) is 0 Å². The molecule has 1 heterocycles. The third-order valence-corrected chi connectivity index (χ3v) is 3.83. The van der Waals surface area contributed by atoms with Crippen molar-refractivity contribution in [3.8, 4) is 0 Å². The third-order valence-electron chi connectivity index (χ3n) is 3.83. The SMILES string of the molecule is O=C[C@H]1CON(c2ccccc2)[C@@H]1c1ccc(C(F)(F)F)cc1. The first-order chi connectivity index (χ1) is 11.0. The minimum Gasteiger partial charge on any atom is -0.303 e. The van der Waals surface area contributed by atoms with E-state index in [1.807, 2.05) is 30.3 Å². The maximum Gasteiger partial charge on any atom is 0.416 e. The highest BCUT2D eigenvalue weighted by Crippen LogP contribution is 2.39. The molecule has 6 heteroatoms. The molecule has 0 aromatic heterocycles. The molecule has 0 radical (unpaired) electrons. The molecule has 23 heavy (non-hydrogen) atoms. The monoisotopic (exact) mass is 321 g/mol. The van der Waals surface area contributed by atoms with Gasteiger partial charge >= 0.3 is 6.18 Å². The van der Waals surface area contributed by atoms with E-state index in [-0.39, 0.29) is 6.61 Å². The van der Waals surface area contributed by atoms with Crippen LogP contribution in [0.25, 0.3) is 0 Å². The summed E-state index contributed by atoms with van der Waals surface area (Å²) in [6.07, 6.45) is -3.60. The number of rotatable bonds is 3. The van der Waals surface area contributed by atoms with Crippen LogP contribution in [-0.2, 0) is 15.8 Å². The normalized spacial score (nSPS) is 21.4. The molecule has 0 aliphatic carbocycles. The summed E-state index contributed by atoms with van der Waals surface area (Å²) in [7, 11) is 0. The largest absolute Gasteiger partial charge is 0.416 e. The highest BCUT2D eigenvalue weighted by atomic mass is 19.4. The van der Waals surface area contributed by atoms with E-state index in [9.17, 15) is 18.0 Å². The molecule has 3 nitrogen and oxygen atoms in total. The van der Waals surface area contributed by atoms with Crippen LogP contribution in [0.15, 0.2) is 54.6 Å². The Balaban J connectivity index is 1.95. The zero-order valence-electron chi connectivity index (χ0n) is 12.0. The first-order valence-electron chi connectivity index (χ1n) is 7.10. The number of para-hydroxylation sites is 1. The molecule has 1 saturated heterocycles. The lowest BCUT2D eigenvalue weighted by molar-refractivity contribution is -0.137. The number of carbonyl (C=O) groups is 1. The average molecular weight is 321 g/mol. The van der Waals surface area contributed by atoms with Gasteiger partial charge in [0.1, 0.15) is 6.29 Å². The zero-order chi connectivity index (χ0) is 16.4. The summed E-state index contributed by atoms with van der Waals surface area (Å²) < 4.78 is 38.1. The molecule has 2 aromatic rings. The van der Waals surface area contributed by atoms with Gasteiger partial charge in [-0.3, -0.25) is 4.84 Å². The number of hydroxylamine groups is 1. The third kappa shape index (κ3) is 3.07. The van der Waals surface area contributed by atoms with Gasteiger partial charge in [-0.1, -0.05) is 30.3 Å². The van der Waals surface area contributed by atoms with E-state index >= 15 is 0 Å². The van der Waals surface area contributed by atoms with Gasteiger partial charge in [-0.25, -0.2) is 5.06 Å². The highest BCUT2D eigenvalue weighted by Gasteiger charge is 2.38. The Labute approximate surface area is 131 Å². The van der Waals surface area contributed by atoms with E-state index in [0.29, 0.717) is 5.56 Å². The van der Waals surface area contributed by atoms with E-state index in [1.54, 1.807) is 5.06 Å². The van der Waals surface area contributed by atoms with E-state index < -0.39 is 23.7 Å². The number of halogens is 3. The first kappa shape index (κ1) is 15.6. The van der Waals surface area contributed by atoms with E-state index in [4.69, 9.17) is 4.84 Å². The average Bonchev–Trinajstić information content (AvgIpc) is 2.99. The van der Waals surface area contributed by atoms with Crippen LogP contribution in [-0.4, -0.2) is 12.9 Å². The Kier molecular flexibility index (Phi) is 4.09. The molecule has 2 atom stereocenters. The van der Waals surface area contributed by atoms with Gasteiger partial charge in [0.15, 0.2) is 0 Å². The van der Waals surface area contributed by atoms with Gasteiger partial charge in [-0.05, 0) is 29.8 Å². The summed E-state index contributed by atoms with van der Waals surface area (Å²) in [6, 6.07) is 13.6. The van der Waals surface area contributed by atoms with Gasteiger partial charge in [-0.15, -0.1) is 0 Å². The zero-order valence-corrected chi connectivity index (χ0v) is 12.0. The fourth-order valence-corrected chi connectivity index (χ4v) is 2.69. The molecule has 0 spiro atoms. The molecule has 120 valence electrons. The van der Waals surface area contributed by atoms with Crippen LogP contribution < -0.4 is 5.06 Å². The molecule has 1 aliphatic rings. The van der Waals surface area contributed by atoms with Crippen molar-refractivity contribution >= 4 is 12.0 Å². The van der Waals surface area contributed by atoms with Crippen molar-refractivity contribution in [2.24, 2.45) is 5.92 Å². The molecule has 0 amide bonds. The number of anilines is 1. The number of aldehydes is 1. The molecule has 0 saturated carbocycles. The van der Waals surface area contributed by atoms with Crippen molar-refractivity contribution in [2.45, 2.75) is 12.2 Å². The predicted molar refractivity (Wildman–Crippen MR) is 78.6 cm³/mol. The smallest absolute Gasteiger partial charge is 0.303 e. The van der Waals surface area contributed by atoms with Gasteiger partial charge < -0.3 is 4.79 Å². The van der Waals surface area contributed by atoms with E-state index in [1.165, 1.54) is 12.1 Å². The molecule has 1 fully saturated rings. The van der Waals surface area contributed by atoms with Crippen LogP contribution in [0.1, 0.15) is 17.2 Å². The summed E-state index contributed by atoms with van der Waals surface area (Å²) in [6.45, 7) is 0.198. The van der Waals surface area contributed by atoms with Crippen LogP contribution in [0.2, 0.25) is 0 Å². The van der Waals surface area contributed by atoms with Crippen LogP contribution in [0, 0.1) is 5.92 Å². The molecule has 1 aliphatic heterocycles. The molecular weight excluding hydrogens is 307 g/mol. The lowest BCUT2D eigenvalue weighted by Gasteiger charge is -2.26. The minimum atomic E-state index is -4.38. The van der Waals surface area contributed by atoms with Gasteiger partial charge in [0.2, 0.25) is 0 Å². The lowest BCUT2D eigenvalue weighted by atomic mass is 9.94. The van der Waals surface area contributed by atoms with E-state index in [0.717, 1.165) is 24.1 Å². The number of benzene rings is 2. The minimum absolute atomic E-state index is 0.198. The quantitative estimate of drug-likeness (QED) is 0.800. The van der Waals surface area contributed by atoms with Crippen LogP contribution in [0.4, 0.5) is 18.9 Å². The van der Waals surface area contributed by atoms with Gasteiger partial charge in [0.25, 0.3) is 0 Å². The number of nitrogens with zero attached hydrogens (tertiary/aromatic N) is 1. The second-order valence-electron chi connectivity index (χ2n) is 5.32. The van der Waals surface area contributed by atoms with Crippen molar-refractivity contribution < 1.29 is 22.8 Å². The summed E-state index contributed by atoms with van der Waals surface area (Å²) in [5, 5.41) is 1.58. The van der Waals surface area contributed by atoms with Crippen molar-refractivity contribution in [3.63, 3.8) is 0 Å². The van der Waals surface area contributed by atoms with Gasteiger partial charge in [-0.2, -0.15) is 13.2 Å². The maximum atomic E-state index is 12.7. The summed E-state index contributed by atoms with van der Waals surface area (Å²) >= 11 is 0. The second-order valence-corrected chi connectivity index (χ2v) is 5.32. The van der Waals surface area contributed by atoms with Crippen LogP contribution >= 0.6 is 0 Å². The molecule has 0 unspecified atom stereocenters. The Morgan fingerprint density at radius 3 is 2.26 bits per heavy atom. The van der Waals surface area contributed by atoms with Gasteiger partial charge in [0.05, 0.1) is 29.8 Å². The van der Waals surface area contributed by atoms with Crippen molar-refractivity contribution in [2.75, 3.05) is 11.7 Å². The Bertz CT molecular complexity index is 670. The van der Waals surface area contributed by atoms with Gasteiger partial charge in [0, 0.05) is 0 Å². The highest BCUT2D eigenvalue weighted by molar-refractivity contribution is 5.60. The number of hydrogen-bond acceptors (Lipinski definition) is 3. The summed E-state index contributed by atoms with van der Waals surface area (Å²) in [5.74, 6) is -0.438. The fourth-order valence-electron chi connectivity index (χ4n) is 2.69. The van der Waals surface area contributed by atoms with Crippen LogP contribution in [0.3, 0.4) is 0 Å². The second kappa shape index (κ2) is 6.04. The molecule has 2 aromatic carbocycles. The first-order valence-corrected chi connectivity index (χ1v) is 7.10. The number of hydrogen-bond donors (Lipinski definition) is 0.